The van der Waals surface area contributed by atoms with Gasteiger partial charge in [-0.05, 0) is 18.3 Å². The van der Waals surface area contributed by atoms with Gasteiger partial charge < -0.3 is 32.0 Å². The number of nitrogens with zero attached hydrogens (tertiary/aromatic N) is 2. The summed E-state index contributed by atoms with van der Waals surface area (Å²) in [6.45, 7) is 11.2. The van der Waals surface area contributed by atoms with Crippen LogP contribution in [-0.4, -0.2) is 40.1 Å². The van der Waals surface area contributed by atoms with Crippen LogP contribution >= 0.6 is 0 Å². The third-order valence-corrected chi connectivity index (χ3v) is 5.36. The average molecular weight is 441 g/mol. The molecule has 0 saturated carbocycles. The Morgan fingerprint density at radius 1 is 1.13 bits per heavy atom. The maximum Gasteiger partial charge on any atom is 0.405 e. The third-order valence-electron chi connectivity index (χ3n) is 5.36. The van der Waals surface area contributed by atoms with Crippen molar-refractivity contribution < 1.29 is 23.9 Å². The molecule has 2 atom stereocenters. The number of primary amides is 2. The van der Waals surface area contributed by atoms with Gasteiger partial charge in [0.05, 0.1) is 12.8 Å². The van der Waals surface area contributed by atoms with Crippen LogP contribution in [0.1, 0.15) is 54.4 Å². The number of aromatic nitrogens is 2. The van der Waals surface area contributed by atoms with Crippen molar-refractivity contribution in [2.75, 3.05) is 17.7 Å². The lowest BCUT2D eigenvalue weighted by Crippen LogP contribution is -2.63. The van der Waals surface area contributed by atoms with Crippen molar-refractivity contribution in [3.8, 4) is 0 Å². The Labute approximate surface area is 183 Å². The molecule has 1 heterocycles. The Morgan fingerprint density at radius 3 is 2.10 bits per heavy atom. The molecular formula is C20H36N6O5. The molecule has 1 rings (SSSR count). The van der Waals surface area contributed by atoms with Crippen LogP contribution in [0, 0.1) is 16.7 Å². The second-order valence-corrected chi connectivity index (χ2v) is 9.66. The van der Waals surface area contributed by atoms with E-state index in [1.807, 2.05) is 20.8 Å². The Hall–Kier alpha value is -2.98. The molecule has 11 heteroatoms. The molecule has 176 valence electrons. The number of ether oxygens (including phenoxy) is 2. The van der Waals surface area contributed by atoms with Gasteiger partial charge in [-0.25, -0.2) is 9.59 Å². The minimum absolute atomic E-state index is 0.0654. The number of aryl methyl sites for hydroxylation is 1. The fourth-order valence-electron chi connectivity index (χ4n) is 3.92. The molecule has 0 aromatic carbocycles. The van der Waals surface area contributed by atoms with E-state index in [9.17, 15) is 14.4 Å². The number of nitrogen functional groups attached to an aromatic ring is 1. The van der Waals surface area contributed by atoms with Gasteiger partial charge in [-0.3, -0.25) is 9.48 Å². The highest BCUT2D eigenvalue weighted by atomic mass is 16.6. The smallest absolute Gasteiger partial charge is 0.405 e. The maximum absolute atomic E-state index is 13.8. The van der Waals surface area contributed by atoms with Gasteiger partial charge in [0.1, 0.15) is 11.5 Å². The first-order valence-corrected chi connectivity index (χ1v) is 10.0. The average Bonchev–Trinajstić information content (AvgIpc) is 2.89. The summed E-state index contributed by atoms with van der Waals surface area (Å²) in [6.07, 6.45) is 0.238. The number of carbonyl (C=O) groups excluding carboxylic acids is 3. The van der Waals surface area contributed by atoms with E-state index in [1.54, 1.807) is 27.8 Å². The Balaban J connectivity index is 3.51. The molecule has 1 aromatic heterocycles. The predicted molar refractivity (Wildman–Crippen MR) is 117 cm³/mol. The highest BCUT2D eigenvalue weighted by molar-refractivity contribution is 6.01. The molecule has 1 unspecified atom stereocenters. The van der Waals surface area contributed by atoms with Gasteiger partial charge in [0.2, 0.25) is 0 Å². The normalized spacial score (nSPS) is 14.9. The molecule has 1 aromatic rings. The van der Waals surface area contributed by atoms with E-state index in [2.05, 4.69) is 10.4 Å². The highest BCUT2D eigenvalue weighted by Crippen LogP contribution is 2.50. The van der Waals surface area contributed by atoms with Crippen LogP contribution in [0.25, 0.3) is 0 Å². The zero-order valence-corrected chi connectivity index (χ0v) is 19.4. The first-order chi connectivity index (χ1) is 14.0. The van der Waals surface area contributed by atoms with E-state index < -0.39 is 40.4 Å². The van der Waals surface area contributed by atoms with Gasteiger partial charge in [0.25, 0.3) is 5.91 Å². The minimum atomic E-state index is -1.67. The summed E-state index contributed by atoms with van der Waals surface area (Å²) in [7, 11) is 1.64. The van der Waals surface area contributed by atoms with Gasteiger partial charge in [0, 0.05) is 18.4 Å². The zero-order chi connectivity index (χ0) is 24.2. The summed E-state index contributed by atoms with van der Waals surface area (Å²) in [5.41, 5.74) is 13.7. The fraction of sp³-hybridized carbons (Fsp3) is 0.700. The van der Waals surface area contributed by atoms with E-state index in [-0.39, 0.29) is 12.4 Å². The second-order valence-electron chi connectivity index (χ2n) is 9.66. The van der Waals surface area contributed by atoms with Crippen molar-refractivity contribution in [1.29, 1.82) is 0 Å². The van der Waals surface area contributed by atoms with Crippen LogP contribution < -0.4 is 22.5 Å². The summed E-state index contributed by atoms with van der Waals surface area (Å²) in [4.78, 5) is 36.7. The number of hydrogen-bond acceptors (Lipinski definition) is 7. The molecule has 3 amide bonds. The van der Waals surface area contributed by atoms with Crippen LogP contribution in [0.2, 0.25) is 0 Å². The fourth-order valence-corrected chi connectivity index (χ4v) is 3.92. The number of nitrogens with one attached hydrogen (secondary N) is 1. The van der Waals surface area contributed by atoms with Gasteiger partial charge >= 0.3 is 12.2 Å². The first kappa shape index (κ1) is 26.1. The van der Waals surface area contributed by atoms with Gasteiger partial charge in [0.15, 0.2) is 5.60 Å². The van der Waals surface area contributed by atoms with Crippen molar-refractivity contribution in [1.82, 2.24) is 9.78 Å². The van der Waals surface area contributed by atoms with Crippen molar-refractivity contribution in [2.45, 2.75) is 60.0 Å². The van der Waals surface area contributed by atoms with Crippen LogP contribution in [0.5, 0.6) is 0 Å². The number of nitrogens with two attached hydrogens (primary N) is 3. The maximum atomic E-state index is 13.8. The van der Waals surface area contributed by atoms with Gasteiger partial charge in [-0.1, -0.05) is 41.5 Å². The van der Waals surface area contributed by atoms with Crippen molar-refractivity contribution in [3.63, 3.8) is 0 Å². The van der Waals surface area contributed by atoms with Crippen molar-refractivity contribution >= 4 is 29.6 Å². The van der Waals surface area contributed by atoms with Gasteiger partial charge in [-0.2, -0.15) is 5.10 Å². The lowest BCUT2D eigenvalue weighted by atomic mass is 9.59. The summed E-state index contributed by atoms with van der Waals surface area (Å²) in [5.74, 6) is -0.839. The van der Waals surface area contributed by atoms with Crippen LogP contribution in [0.3, 0.4) is 0 Å². The number of hydrogen-bond donors (Lipinski definition) is 4. The molecule has 0 aliphatic carbocycles. The number of carbonyl (C=O) groups is 3. The molecule has 7 N–H and O–H groups in total. The predicted octanol–water partition coefficient (Wildman–Crippen LogP) is 2.36. The molecule has 0 fully saturated rings. The first-order valence-electron chi connectivity index (χ1n) is 10.0. The molecule has 0 aliphatic rings. The second kappa shape index (κ2) is 9.44. The van der Waals surface area contributed by atoms with Crippen LogP contribution in [0.4, 0.5) is 21.1 Å². The van der Waals surface area contributed by atoms with E-state index in [0.29, 0.717) is 18.5 Å². The van der Waals surface area contributed by atoms with Crippen LogP contribution in [0.15, 0.2) is 6.20 Å². The number of amides is 3. The lowest BCUT2D eigenvalue weighted by Gasteiger charge is -2.51. The molecule has 0 aliphatic heterocycles. The topological polar surface area (TPSA) is 178 Å². The monoisotopic (exact) mass is 440 g/mol. The molecule has 0 spiro atoms. The Morgan fingerprint density at radius 2 is 1.71 bits per heavy atom. The molecule has 0 radical (unpaired) electrons. The number of rotatable bonds is 8. The minimum Gasteiger partial charge on any atom is -0.450 e. The summed E-state index contributed by atoms with van der Waals surface area (Å²) in [6, 6.07) is 0. The molecule has 31 heavy (non-hydrogen) atoms. The number of anilines is 2. The summed E-state index contributed by atoms with van der Waals surface area (Å²) in [5, 5.41) is 6.79. The SMILES string of the molecule is Cn1ncc(NC(=O)[C@@](OC(N)=O)(C(CCCOC(N)=O)C(C)(C)C)C(C)(C)C)c1N. The molecular weight excluding hydrogens is 404 g/mol. The molecule has 0 saturated heterocycles. The summed E-state index contributed by atoms with van der Waals surface area (Å²) >= 11 is 0. The molecule has 11 nitrogen and oxygen atoms in total. The largest absolute Gasteiger partial charge is 0.450 e. The zero-order valence-electron chi connectivity index (χ0n) is 19.4. The third kappa shape index (κ3) is 6.02. The van der Waals surface area contributed by atoms with E-state index in [1.165, 1.54) is 10.9 Å². The van der Waals surface area contributed by atoms with E-state index in [4.69, 9.17) is 26.7 Å². The van der Waals surface area contributed by atoms with E-state index in [0.717, 1.165) is 0 Å². The van der Waals surface area contributed by atoms with E-state index >= 15 is 0 Å². The lowest BCUT2D eigenvalue weighted by molar-refractivity contribution is -0.168. The van der Waals surface area contributed by atoms with Crippen LogP contribution in [-0.2, 0) is 21.3 Å². The quantitative estimate of drug-likeness (QED) is 0.448. The van der Waals surface area contributed by atoms with Gasteiger partial charge in [-0.15, -0.1) is 0 Å². The molecule has 0 bridgehead atoms. The Kier molecular flexibility index (Phi) is 7.93. The highest BCUT2D eigenvalue weighted by Gasteiger charge is 2.60. The summed E-state index contributed by atoms with van der Waals surface area (Å²) < 4.78 is 11.9. The standard InChI is InChI=1S/C20H36N6O5/c1-18(2,3)13(9-8-10-30-16(22)28)20(19(4,5)6,31-17(23)29)15(27)25-12-11-24-26(7)14(12)21/h11,13H,8-10,21H2,1-7H3,(H2,22,28)(H2,23,29)(H,25,27)/t13?,20-/m0/s1. The Bertz CT molecular complexity index is 808. The van der Waals surface area contributed by atoms with Crippen molar-refractivity contribution in [3.05, 3.63) is 6.20 Å². The van der Waals surface area contributed by atoms with Crippen molar-refractivity contribution in [2.24, 2.45) is 35.3 Å².